The van der Waals surface area contributed by atoms with Gasteiger partial charge in [-0.15, -0.1) is 0 Å². The van der Waals surface area contributed by atoms with Gasteiger partial charge in [0.05, 0.1) is 11.1 Å². The number of likely N-dealkylation sites (tertiary alicyclic amines) is 1. The Bertz CT molecular complexity index is 741. The summed E-state index contributed by atoms with van der Waals surface area (Å²) in [5.41, 5.74) is 0.817. The van der Waals surface area contributed by atoms with E-state index in [0.29, 0.717) is 11.7 Å². The molecule has 0 atom stereocenters. The normalized spacial score (nSPS) is 15.4. The molecule has 0 bridgehead atoms. The van der Waals surface area contributed by atoms with Gasteiger partial charge >= 0.3 is 0 Å². The van der Waals surface area contributed by atoms with Crippen LogP contribution in [-0.4, -0.2) is 27.9 Å². The van der Waals surface area contributed by atoms with Crippen LogP contribution in [0.25, 0.3) is 17.4 Å². The Morgan fingerprint density at radius 3 is 2.58 bits per heavy atom. The molecule has 0 radical (unpaired) electrons. The molecule has 0 amide bonds. The van der Waals surface area contributed by atoms with E-state index in [2.05, 4.69) is 16.1 Å². The quantitative estimate of drug-likeness (QED) is 0.466. The second-order valence-electron chi connectivity index (χ2n) is 5.66. The zero-order valence-electron chi connectivity index (χ0n) is 13.3. The van der Waals surface area contributed by atoms with Crippen molar-refractivity contribution >= 4 is 11.8 Å². The van der Waals surface area contributed by atoms with E-state index in [-0.39, 0.29) is 5.69 Å². The van der Waals surface area contributed by atoms with Crippen LogP contribution >= 0.6 is 0 Å². The molecule has 6 nitrogen and oxygen atoms in total. The van der Waals surface area contributed by atoms with E-state index in [1.165, 1.54) is 31.4 Å². The molecule has 0 spiro atoms. The molecule has 6 heteroatoms. The van der Waals surface area contributed by atoms with Crippen LogP contribution in [0, 0.1) is 10.1 Å². The van der Waals surface area contributed by atoms with Crippen LogP contribution in [0.3, 0.4) is 0 Å². The standard InChI is InChI=1S/C18H19N3O3/c22-21(23)16-9-7-15(8-10-16)17-14-19-18(24-17)6-2-5-13-20-11-3-1-4-12-20/h2,5-10,13-14H,1,3-4,11-12H2. The van der Waals surface area contributed by atoms with Crippen molar-refractivity contribution in [2.45, 2.75) is 19.3 Å². The summed E-state index contributed by atoms with van der Waals surface area (Å²) in [6, 6.07) is 6.22. The minimum Gasteiger partial charge on any atom is -0.437 e. The molecule has 2 heterocycles. The summed E-state index contributed by atoms with van der Waals surface area (Å²) in [5.74, 6) is 1.09. The van der Waals surface area contributed by atoms with Crippen molar-refractivity contribution in [2.24, 2.45) is 0 Å². The van der Waals surface area contributed by atoms with Gasteiger partial charge in [-0.05, 0) is 43.7 Å². The molecule has 1 fully saturated rings. The fourth-order valence-corrected chi connectivity index (χ4v) is 2.62. The molecule has 2 aromatic rings. The highest BCUT2D eigenvalue weighted by molar-refractivity contribution is 5.59. The third kappa shape index (κ3) is 4.10. The van der Waals surface area contributed by atoms with Gasteiger partial charge in [0.25, 0.3) is 5.69 Å². The van der Waals surface area contributed by atoms with Crippen molar-refractivity contribution in [2.75, 3.05) is 13.1 Å². The lowest BCUT2D eigenvalue weighted by Crippen LogP contribution is -2.23. The number of nitro groups is 1. The third-order valence-corrected chi connectivity index (χ3v) is 3.92. The average molecular weight is 325 g/mol. The van der Waals surface area contributed by atoms with Gasteiger partial charge < -0.3 is 9.32 Å². The van der Waals surface area contributed by atoms with Crippen LogP contribution in [-0.2, 0) is 0 Å². The second kappa shape index (κ2) is 7.59. The number of rotatable bonds is 5. The summed E-state index contributed by atoms with van der Waals surface area (Å²) in [6.45, 7) is 2.24. The van der Waals surface area contributed by atoms with Crippen molar-refractivity contribution in [3.63, 3.8) is 0 Å². The SMILES string of the molecule is O=[N+]([O-])c1ccc(-c2cnc(C=CC=CN3CCCCC3)o2)cc1. The Balaban J connectivity index is 1.61. The maximum Gasteiger partial charge on any atom is 0.269 e. The zero-order chi connectivity index (χ0) is 16.8. The summed E-state index contributed by atoms with van der Waals surface area (Å²) in [5, 5.41) is 10.7. The number of nitro benzene ring substituents is 1. The number of hydrogen-bond donors (Lipinski definition) is 0. The van der Waals surface area contributed by atoms with E-state index >= 15 is 0 Å². The highest BCUT2D eigenvalue weighted by Gasteiger charge is 2.08. The molecule has 0 aliphatic carbocycles. The van der Waals surface area contributed by atoms with Crippen LogP contribution < -0.4 is 0 Å². The lowest BCUT2D eigenvalue weighted by molar-refractivity contribution is -0.384. The van der Waals surface area contributed by atoms with Gasteiger partial charge in [-0.2, -0.15) is 0 Å². The molecule has 124 valence electrons. The number of allylic oxidation sites excluding steroid dienone is 2. The van der Waals surface area contributed by atoms with E-state index in [1.54, 1.807) is 24.4 Å². The maximum absolute atomic E-state index is 10.7. The van der Waals surface area contributed by atoms with Crippen molar-refractivity contribution < 1.29 is 9.34 Å². The Labute approximate surface area is 140 Å². The van der Waals surface area contributed by atoms with Gasteiger partial charge in [-0.25, -0.2) is 4.98 Å². The van der Waals surface area contributed by atoms with Gasteiger partial charge in [-0.3, -0.25) is 10.1 Å². The van der Waals surface area contributed by atoms with Crippen LogP contribution in [0.5, 0.6) is 0 Å². The van der Waals surface area contributed by atoms with Crippen molar-refractivity contribution in [1.82, 2.24) is 9.88 Å². The first-order chi connectivity index (χ1) is 11.7. The Hall–Kier alpha value is -2.89. The number of piperidine rings is 1. The van der Waals surface area contributed by atoms with Crippen LogP contribution in [0.1, 0.15) is 25.2 Å². The first-order valence-corrected chi connectivity index (χ1v) is 8.02. The summed E-state index contributed by atoms with van der Waals surface area (Å²) >= 11 is 0. The molecule has 1 aromatic carbocycles. The number of hydrogen-bond acceptors (Lipinski definition) is 5. The molecule has 0 unspecified atom stereocenters. The Morgan fingerprint density at radius 1 is 1.12 bits per heavy atom. The van der Waals surface area contributed by atoms with Crippen molar-refractivity contribution in [3.05, 3.63) is 64.8 Å². The summed E-state index contributed by atoms with van der Waals surface area (Å²) in [4.78, 5) is 16.8. The first kappa shape index (κ1) is 16.0. The molecule has 1 saturated heterocycles. The number of oxazole rings is 1. The van der Waals surface area contributed by atoms with E-state index in [1.807, 2.05) is 12.2 Å². The topological polar surface area (TPSA) is 72.4 Å². The third-order valence-electron chi connectivity index (χ3n) is 3.92. The molecule has 3 rings (SSSR count). The van der Waals surface area contributed by atoms with Crippen LogP contribution in [0.2, 0.25) is 0 Å². The Morgan fingerprint density at radius 2 is 1.88 bits per heavy atom. The van der Waals surface area contributed by atoms with Crippen LogP contribution in [0.15, 0.2) is 53.2 Å². The Kier molecular flexibility index (Phi) is 5.05. The molecular weight excluding hydrogens is 306 g/mol. The fourth-order valence-electron chi connectivity index (χ4n) is 2.62. The number of aromatic nitrogens is 1. The minimum absolute atomic E-state index is 0.0567. The second-order valence-corrected chi connectivity index (χ2v) is 5.66. The molecule has 0 saturated carbocycles. The van der Waals surface area contributed by atoms with E-state index in [9.17, 15) is 10.1 Å². The highest BCUT2D eigenvalue weighted by atomic mass is 16.6. The number of benzene rings is 1. The highest BCUT2D eigenvalue weighted by Crippen LogP contribution is 2.23. The molecule has 1 aliphatic rings. The van der Waals surface area contributed by atoms with Gasteiger partial charge in [0.15, 0.2) is 5.76 Å². The van der Waals surface area contributed by atoms with Gasteiger partial charge in [-0.1, -0.05) is 6.08 Å². The van der Waals surface area contributed by atoms with Crippen molar-refractivity contribution in [1.29, 1.82) is 0 Å². The summed E-state index contributed by atoms with van der Waals surface area (Å²) < 4.78 is 5.65. The smallest absolute Gasteiger partial charge is 0.269 e. The molecule has 1 aromatic heterocycles. The predicted octanol–water partition coefficient (Wildman–Crippen LogP) is 4.26. The molecular formula is C18H19N3O3. The van der Waals surface area contributed by atoms with Gasteiger partial charge in [0, 0.05) is 36.9 Å². The number of nitrogens with zero attached hydrogens (tertiary/aromatic N) is 3. The van der Waals surface area contributed by atoms with E-state index in [0.717, 1.165) is 18.7 Å². The molecule has 0 N–H and O–H groups in total. The summed E-state index contributed by atoms with van der Waals surface area (Å²) in [7, 11) is 0. The number of non-ortho nitro benzene ring substituents is 1. The largest absolute Gasteiger partial charge is 0.437 e. The first-order valence-electron chi connectivity index (χ1n) is 8.02. The van der Waals surface area contributed by atoms with E-state index in [4.69, 9.17) is 4.42 Å². The van der Waals surface area contributed by atoms with Crippen LogP contribution in [0.4, 0.5) is 5.69 Å². The fraction of sp³-hybridized carbons (Fsp3) is 0.278. The molecule has 24 heavy (non-hydrogen) atoms. The zero-order valence-corrected chi connectivity index (χ0v) is 13.3. The predicted molar refractivity (Wildman–Crippen MR) is 92.2 cm³/mol. The van der Waals surface area contributed by atoms with Gasteiger partial charge in [0.2, 0.25) is 5.89 Å². The monoisotopic (exact) mass is 325 g/mol. The average Bonchev–Trinajstić information content (AvgIpc) is 3.09. The van der Waals surface area contributed by atoms with Crippen molar-refractivity contribution in [3.8, 4) is 11.3 Å². The van der Waals surface area contributed by atoms with E-state index < -0.39 is 4.92 Å². The lowest BCUT2D eigenvalue weighted by Gasteiger charge is -2.24. The molecule has 1 aliphatic heterocycles. The minimum atomic E-state index is -0.424. The maximum atomic E-state index is 10.7. The lowest BCUT2D eigenvalue weighted by atomic mass is 10.1. The summed E-state index contributed by atoms with van der Waals surface area (Å²) in [6.07, 6.45) is 13.2. The van der Waals surface area contributed by atoms with Gasteiger partial charge in [0.1, 0.15) is 0 Å².